The molecule has 0 saturated carbocycles. The Bertz CT molecular complexity index is 920. The van der Waals surface area contributed by atoms with Crippen LogP contribution in [0.1, 0.15) is 54.0 Å². The van der Waals surface area contributed by atoms with Crippen LogP contribution in [0.5, 0.6) is 0 Å². The number of hydrogen-bond acceptors (Lipinski definition) is 4. The largest absolute Gasteiger partial charge is 0.332 e. The van der Waals surface area contributed by atoms with Crippen molar-refractivity contribution < 1.29 is 4.79 Å². The van der Waals surface area contributed by atoms with Crippen molar-refractivity contribution in [3.63, 3.8) is 0 Å². The molecule has 2 aromatic heterocycles. The number of benzene rings is 1. The van der Waals surface area contributed by atoms with Gasteiger partial charge in [-0.25, -0.2) is 9.50 Å². The molecule has 2 atom stereocenters. The van der Waals surface area contributed by atoms with E-state index in [-0.39, 0.29) is 17.8 Å². The van der Waals surface area contributed by atoms with Gasteiger partial charge in [-0.15, -0.1) is 5.10 Å². The summed E-state index contributed by atoms with van der Waals surface area (Å²) in [4.78, 5) is 23.7. The van der Waals surface area contributed by atoms with Gasteiger partial charge in [-0.3, -0.25) is 4.79 Å². The van der Waals surface area contributed by atoms with Crippen molar-refractivity contribution in [3.05, 3.63) is 59.7 Å². The second-order valence-electron chi connectivity index (χ2n) is 6.87. The average molecular weight is 349 g/mol. The molecule has 0 unspecified atom stereocenters. The molecule has 1 aliphatic heterocycles. The lowest BCUT2D eigenvalue weighted by molar-refractivity contribution is 0.0702. The van der Waals surface area contributed by atoms with E-state index in [0.29, 0.717) is 11.7 Å². The van der Waals surface area contributed by atoms with E-state index in [0.717, 1.165) is 31.5 Å². The number of rotatable bonds is 4. The summed E-state index contributed by atoms with van der Waals surface area (Å²) in [6.45, 7) is 4.88. The molecule has 26 heavy (non-hydrogen) atoms. The van der Waals surface area contributed by atoms with Gasteiger partial charge in [0.25, 0.3) is 11.7 Å². The van der Waals surface area contributed by atoms with Crippen molar-refractivity contribution >= 4 is 11.7 Å². The first kappa shape index (κ1) is 16.7. The predicted molar refractivity (Wildman–Crippen MR) is 99.1 cm³/mol. The first-order valence-electron chi connectivity index (χ1n) is 9.23. The lowest BCUT2D eigenvalue weighted by Crippen LogP contribution is -2.39. The fourth-order valence-electron chi connectivity index (χ4n) is 4.02. The molecule has 0 spiro atoms. The molecule has 1 amide bonds. The van der Waals surface area contributed by atoms with Gasteiger partial charge < -0.3 is 4.90 Å². The first-order valence-corrected chi connectivity index (χ1v) is 9.23. The van der Waals surface area contributed by atoms with Gasteiger partial charge in [0.2, 0.25) is 5.82 Å². The van der Waals surface area contributed by atoms with Crippen LogP contribution in [0.3, 0.4) is 0 Å². The Kier molecular flexibility index (Phi) is 4.41. The number of likely N-dealkylation sites (tertiary alicyclic amines) is 1. The van der Waals surface area contributed by atoms with Crippen LogP contribution in [0.15, 0.2) is 42.6 Å². The third-order valence-corrected chi connectivity index (χ3v) is 5.31. The zero-order valence-corrected chi connectivity index (χ0v) is 15.2. The first-order chi connectivity index (χ1) is 12.7. The molecule has 134 valence electrons. The van der Waals surface area contributed by atoms with E-state index in [1.54, 1.807) is 10.7 Å². The van der Waals surface area contributed by atoms with Crippen LogP contribution in [0.4, 0.5) is 0 Å². The molecule has 3 aromatic rings. The van der Waals surface area contributed by atoms with Gasteiger partial charge in [-0.1, -0.05) is 37.3 Å². The summed E-state index contributed by atoms with van der Waals surface area (Å²) < 4.78 is 1.63. The molecular weight excluding hydrogens is 326 g/mol. The standard InChI is InChI=1S/C20H23N5O/c1-3-16(15-8-5-4-6-9-15)17-10-7-13-24(17)19(26)18-22-20-21-12-11-14(2)25(20)23-18/h4-6,8-9,11-12,16-17H,3,7,10,13H2,1-2H3/t16-,17-/m0/s1. The highest BCUT2D eigenvalue weighted by Gasteiger charge is 2.36. The summed E-state index contributed by atoms with van der Waals surface area (Å²) in [5, 5.41) is 4.40. The van der Waals surface area contributed by atoms with E-state index in [1.165, 1.54) is 5.56 Å². The SMILES string of the molecule is CC[C@@H](c1ccccc1)[C@@H]1CCCN1C(=O)c1nc2nccc(C)n2n1. The highest BCUT2D eigenvalue weighted by atomic mass is 16.2. The van der Waals surface area contributed by atoms with Gasteiger partial charge >= 0.3 is 0 Å². The number of carbonyl (C=O) groups is 1. The predicted octanol–water partition coefficient (Wildman–Crippen LogP) is 3.23. The van der Waals surface area contributed by atoms with Crippen molar-refractivity contribution in [2.45, 2.75) is 45.1 Å². The lowest BCUT2D eigenvalue weighted by atomic mass is 9.87. The fraction of sp³-hybridized carbons (Fsp3) is 0.400. The molecule has 6 nitrogen and oxygen atoms in total. The number of aryl methyl sites for hydroxylation is 1. The van der Waals surface area contributed by atoms with Crippen LogP contribution in [0, 0.1) is 6.92 Å². The van der Waals surface area contributed by atoms with Crippen LogP contribution in [-0.2, 0) is 0 Å². The quantitative estimate of drug-likeness (QED) is 0.725. The van der Waals surface area contributed by atoms with Gasteiger partial charge in [-0.2, -0.15) is 4.98 Å². The molecule has 0 bridgehead atoms. The third kappa shape index (κ3) is 2.85. The number of fused-ring (bicyclic) bond motifs is 1. The van der Waals surface area contributed by atoms with Crippen molar-refractivity contribution in [3.8, 4) is 0 Å². The van der Waals surface area contributed by atoms with Gasteiger partial charge in [0.05, 0.1) is 0 Å². The lowest BCUT2D eigenvalue weighted by Gasteiger charge is -2.31. The van der Waals surface area contributed by atoms with E-state index in [1.807, 2.05) is 24.0 Å². The van der Waals surface area contributed by atoms with E-state index in [2.05, 4.69) is 46.3 Å². The van der Waals surface area contributed by atoms with Crippen LogP contribution >= 0.6 is 0 Å². The maximum absolute atomic E-state index is 13.1. The highest BCUT2D eigenvalue weighted by molar-refractivity contribution is 5.91. The van der Waals surface area contributed by atoms with Crippen LogP contribution in [0.2, 0.25) is 0 Å². The molecule has 0 aliphatic carbocycles. The highest BCUT2D eigenvalue weighted by Crippen LogP contribution is 2.34. The monoisotopic (exact) mass is 349 g/mol. The number of amides is 1. The van der Waals surface area contributed by atoms with Gasteiger partial charge in [0.1, 0.15) is 0 Å². The normalized spacial score (nSPS) is 18.4. The van der Waals surface area contributed by atoms with Crippen LogP contribution in [-0.4, -0.2) is 43.0 Å². The van der Waals surface area contributed by atoms with E-state index >= 15 is 0 Å². The molecule has 4 rings (SSSR count). The summed E-state index contributed by atoms with van der Waals surface area (Å²) in [7, 11) is 0. The Balaban J connectivity index is 1.64. The number of carbonyl (C=O) groups excluding carboxylic acids is 1. The second-order valence-corrected chi connectivity index (χ2v) is 6.87. The minimum atomic E-state index is -0.0909. The van der Waals surface area contributed by atoms with E-state index in [9.17, 15) is 4.79 Å². The Morgan fingerprint density at radius 2 is 2.08 bits per heavy atom. The summed E-state index contributed by atoms with van der Waals surface area (Å²) in [5.41, 5.74) is 2.20. The zero-order valence-electron chi connectivity index (χ0n) is 15.2. The Morgan fingerprint density at radius 3 is 2.81 bits per heavy atom. The number of hydrogen-bond donors (Lipinski definition) is 0. The molecule has 3 heterocycles. The smallest absolute Gasteiger partial charge is 0.293 e. The van der Waals surface area contributed by atoms with Crippen molar-refractivity contribution in [1.82, 2.24) is 24.5 Å². The maximum Gasteiger partial charge on any atom is 0.293 e. The Hall–Kier alpha value is -2.76. The minimum Gasteiger partial charge on any atom is -0.332 e. The second kappa shape index (κ2) is 6.86. The fourth-order valence-corrected chi connectivity index (χ4v) is 4.02. The third-order valence-electron chi connectivity index (χ3n) is 5.31. The van der Waals surface area contributed by atoms with Gasteiger partial charge in [0.15, 0.2) is 0 Å². The maximum atomic E-state index is 13.1. The number of aromatic nitrogens is 4. The Labute approximate surface area is 152 Å². The van der Waals surface area contributed by atoms with Gasteiger partial charge in [0, 0.05) is 30.4 Å². The van der Waals surface area contributed by atoms with Crippen LogP contribution < -0.4 is 0 Å². The van der Waals surface area contributed by atoms with Crippen molar-refractivity contribution in [2.75, 3.05) is 6.54 Å². The van der Waals surface area contributed by atoms with E-state index in [4.69, 9.17) is 0 Å². The molecule has 1 aromatic carbocycles. The van der Waals surface area contributed by atoms with Crippen molar-refractivity contribution in [2.24, 2.45) is 0 Å². The summed E-state index contributed by atoms with van der Waals surface area (Å²) in [6, 6.07) is 12.5. The Morgan fingerprint density at radius 1 is 1.27 bits per heavy atom. The summed E-state index contributed by atoms with van der Waals surface area (Å²) in [6.07, 6.45) is 4.72. The molecule has 0 N–H and O–H groups in total. The molecular formula is C20H23N5O. The van der Waals surface area contributed by atoms with Gasteiger partial charge in [-0.05, 0) is 37.8 Å². The number of nitrogens with zero attached hydrogens (tertiary/aromatic N) is 5. The zero-order chi connectivity index (χ0) is 18.1. The minimum absolute atomic E-state index is 0.0909. The summed E-state index contributed by atoms with van der Waals surface area (Å²) in [5.74, 6) is 0.951. The molecule has 0 radical (unpaired) electrons. The molecule has 1 fully saturated rings. The molecule has 1 aliphatic rings. The molecule has 1 saturated heterocycles. The summed E-state index contributed by atoms with van der Waals surface area (Å²) >= 11 is 0. The molecule has 6 heteroatoms. The van der Waals surface area contributed by atoms with Crippen molar-refractivity contribution in [1.29, 1.82) is 0 Å². The average Bonchev–Trinajstić information content (AvgIpc) is 3.31. The van der Waals surface area contributed by atoms with Crippen LogP contribution in [0.25, 0.3) is 5.78 Å². The van der Waals surface area contributed by atoms with E-state index < -0.39 is 0 Å². The topological polar surface area (TPSA) is 63.4 Å².